The molecule has 2 fully saturated rings. The molecule has 0 aromatic heterocycles. The van der Waals surface area contributed by atoms with E-state index in [0.717, 1.165) is 19.3 Å². The molecule has 0 spiro atoms. The second-order valence-electron chi connectivity index (χ2n) is 9.12. The van der Waals surface area contributed by atoms with E-state index in [-0.39, 0.29) is 49.9 Å². The van der Waals surface area contributed by atoms with Crippen molar-refractivity contribution in [1.29, 1.82) is 0 Å². The number of hydrogen-bond acceptors (Lipinski definition) is 4. The summed E-state index contributed by atoms with van der Waals surface area (Å²) in [5, 5.41) is 12.8. The molecule has 2 aliphatic rings. The minimum atomic E-state index is -5.04. The lowest BCUT2D eigenvalue weighted by Crippen LogP contribution is -2.52. The standard InChI is InChI=1S/C22H27F6N3O3/c23-21(24,25)13-9-14(22(26,27)28)11-15(10-13)30-18(32)12-20(34)5-7-31(8-6-20)19(33)16-3-1-2-4-17(16)29/h9-11,16-17,34H,1-8,12,29H2,(H,30,32)/t16-,17+/m1/s1. The van der Waals surface area contributed by atoms with E-state index in [4.69, 9.17) is 5.73 Å². The number of carbonyl (C=O) groups excluding carboxylic acids is 2. The normalized spacial score (nSPS) is 23.5. The van der Waals surface area contributed by atoms with Crippen molar-refractivity contribution in [2.45, 2.75) is 68.9 Å². The van der Waals surface area contributed by atoms with Crippen LogP contribution in [0.4, 0.5) is 32.0 Å². The zero-order valence-corrected chi connectivity index (χ0v) is 18.3. The van der Waals surface area contributed by atoms with E-state index in [2.05, 4.69) is 0 Å². The minimum Gasteiger partial charge on any atom is -0.389 e. The molecular weight excluding hydrogens is 468 g/mol. The van der Waals surface area contributed by atoms with Crippen molar-refractivity contribution >= 4 is 17.5 Å². The van der Waals surface area contributed by atoms with Crippen LogP contribution in [0.5, 0.6) is 0 Å². The van der Waals surface area contributed by atoms with Gasteiger partial charge in [-0.05, 0) is 43.9 Å². The molecule has 1 heterocycles. The smallest absolute Gasteiger partial charge is 0.389 e. The third-order valence-corrected chi connectivity index (χ3v) is 6.50. The number of anilines is 1. The lowest BCUT2D eigenvalue weighted by molar-refractivity contribution is -0.144. The quantitative estimate of drug-likeness (QED) is 0.552. The number of benzene rings is 1. The molecule has 0 unspecified atom stereocenters. The number of alkyl halides is 6. The number of rotatable bonds is 4. The maximum atomic E-state index is 13.0. The Kier molecular flexibility index (Phi) is 7.51. The van der Waals surface area contributed by atoms with Gasteiger partial charge in [0.2, 0.25) is 11.8 Å². The molecule has 1 aliphatic carbocycles. The fourth-order valence-electron chi connectivity index (χ4n) is 4.55. The molecule has 1 aliphatic heterocycles. The van der Waals surface area contributed by atoms with Crippen molar-refractivity contribution in [2.75, 3.05) is 18.4 Å². The Labute approximate surface area is 192 Å². The first kappa shape index (κ1) is 26.3. The number of piperidine rings is 1. The van der Waals surface area contributed by atoms with E-state index in [1.54, 1.807) is 4.90 Å². The first-order chi connectivity index (χ1) is 15.7. The van der Waals surface area contributed by atoms with E-state index < -0.39 is 47.1 Å². The Morgan fingerprint density at radius 2 is 1.53 bits per heavy atom. The van der Waals surface area contributed by atoms with Gasteiger partial charge in [0.05, 0.1) is 29.1 Å². The Morgan fingerprint density at radius 3 is 2.03 bits per heavy atom. The number of carbonyl (C=O) groups is 2. The van der Waals surface area contributed by atoms with Gasteiger partial charge < -0.3 is 21.1 Å². The van der Waals surface area contributed by atoms with E-state index in [1.165, 1.54) is 0 Å². The summed E-state index contributed by atoms with van der Waals surface area (Å²) < 4.78 is 78.0. The Balaban J connectivity index is 1.62. The summed E-state index contributed by atoms with van der Waals surface area (Å²) in [4.78, 5) is 26.7. The van der Waals surface area contributed by atoms with Gasteiger partial charge in [-0.25, -0.2) is 0 Å². The van der Waals surface area contributed by atoms with Crippen LogP contribution in [0.3, 0.4) is 0 Å². The third kappa shape index (κ3) is 6.41. The molecule has 1 saturated carbocycles. The maximum Gasteiger partial charge on any atom is 0.416 e. The maximum absolute atomic E-state index is 13.0. The van der Waals surface area contributed by atoms with Gasteiger partial charge in [0.15, 0.2) is 0 Å². The van der Waals surface area contributed by atoms with Gasteiger partial charge in [-0.3, -0.25) is 9.59 Å². The molecule has 1 aromatic carbocycles. The number of hydrogen-bond donors (Lipinski definition) is 3. The predicted octanol–water partition coefficient (Wildman–Crippen LogP) is 3.92. The zero-order chi connectivity index (χ0) is 25.3. The predicted molar refractivity (Wildman–Crippen MR) is 110 cm³/mol. The van der Waals surface area contributed by atoms with Gasteiger partial charge >= 0.3 is 12.4 Å². The van der Waals surface area contributed by atoms with Gasteiger partial charge in [-0.2, -0.15) is 26.3 Å². The van der Waals surface area contributed by atoms with Gasteiger partial charge in [0.1, 0.15) is 0 Å². The number of nitrogens with one attached hydrogen (secondary N) is 1. The molecule has 0 radical (unpaired) electrons. The highest BCUT2D eigenvalue weighted by Gasteiger charge is 2.40. The summed E-state index contributed by atoms with van der Waals surface area (Å²) in [7, 11) is 0. The molecule has 4 N–H and O–H groups in total. The van der Waals surface area contributed by atoms with Crippen molar-refractivity contribution in [3.63, 3.8) is 0 Å². The minimum absolute atomic E-state index is 0.0336. The lowest BCUT2D eigenvalue weighted by Gasteiger charge is -2.40. The summed E-state index contributed by atoms with van der Waals surface area (Å²) in [5.74, 6) is -1.31. The van der Waals surface area contributed by atoms with Gasteiger partial charge in [0, 0.05) is 24.8 Å². The van der Waals surface area contributed by atoms with Crippen LogP contribution in [0.25, 0.3) is 0 Å². The number of nitrogens with zero attached hydrogens (tertiary/aromatic N) is 1. The third-order valence-electron chi connectivity index (χ3n) is 6.50. The molecule has 6 nitrogen and oxygen atoms in total. The summed E-state index contributed by atoms with van der Waals surface area (Å²) >= 11 is 0. The van der Waals surface area contributed by atoms with Crippen LogP contribution in [0.1, 0.15) is 56.1 Å². The van der Waals surface area contributed by atoms with Crippen LogP contribution in [0.2, 0.25) is 0 Å². The first-order valence-electron chi connectivity index (χ1n) is 11.0. The monoisotopic (exact) mass is 495 g/mol. The Hall–Kier alpha value is -2.34. The fourth-order valence-corrected chi connectivity index (χ4v) is 4.55. The van der Waals surface area contributed by atoms with Crippen LogP contribution in [-0.2, 0) is 21.9 Å². The van der Waals surface area contributed by atoms with E-state index in [0.29, 0.717) is 18.6 Å². The molecule has 1 aromatic rings. The van der Waals surface area contributed by atoms with Crippen molar-refractivity contribution in [3.05, 3.63) is 29.3 Å². The summed E-state index contributed by atoms with van der Waals surface area (Å²) in [6.07, 6.45) is -7.19. The number of aliphatic hydroxyl groups is 1. The van der Waals surface area contributed by atoms with Crippen molar-refractivity contribution < 1.29 is 41.0 Å². The Morgan fingerprint density at radius 1 is 1.00 bits per heavy atom. The van der Waals surface area contributed by atoms with Crippen LogP contribution in [0, 0.1) is 5.92 Å². The van der Waals surface area contributed by atoms with Gasteiger partial charge in [-0.15, -0.1) is 0 Å². The van der Waals surface area contributed by atoms with Crippen molar-refractivity contribution in [2.24, 2.45) is 11.7 Å². The highest BCUT2D eigenvalue weighted by Crippen LogP contribution is 2.38. The molecule has 2 atom stereocenters. The molecule has 3 rings (SSSR count). The number of nitrogens with two attached hydrogens (primary N) is 1. The second kappa shape index (κ2) is 9.73. The number of halogens is 6. The molecule has 2 amide bonds. The highest BCUT2D eigenvalue weighted by molar-refractivity contribution is 5.91. The molecular formula is C22H27F6N3O3. The SMILES string of the molecule is N[C@H]1CCCC[C@H]1C(=O)N1CCC(O)(CC(=O)Nc2cc(C(F)(F)F)cc(C(F)(F)F)c2)CC1. The van der Waals surface area contributed by atoms with Crippen LogP contribution >= 0.6 is 0 Å². The average Bonchev–Trinajstić information content (AvgIpc) is 2.72. The van der Waals surface area contributed by atoms with Crippen molar-refractivity contribution in [3.8, 4) is 0 Å². The number of likely N-dealkylation sites (tertiary alicyclic amines) is 1. The molecule has 12 heteroatoms. The zero-order valence-electron chi connectivity index (χ0n) is 18.3. The molecule has 0 bridgehead atoms. The van der Waals surface area contributed by atoms with Crippen molar-refractivity contribution in [1.82, 2.24) is 4.90 Å². The molecule has 34 heavy (non-hydrogen) atoms. The van der Waals surface area contributed by atoms with E-state index >= 15 is 0 Å². The van der Waals surface area contributed by atoms with Crippen LogP contribution < -0.4 is 11.1 Å². The molecule has 1 saturated heterocycles. The topological polar surface area (TPSA) is 95.7 Å². The fraction of sp³-hybridized carbons (Fsp3) is 0.636. The number of amides is 2. The van der Waals surface area contributed by atoms with Crippen LogP contribution in [0.15, 0.2) is 18.2 Å². The summed E-state index contributed by atoms with van der Waals surface area (Å²) in [5.41, 5.74) is 0.751. The lowest BCUT2D eigenvalue weighted by atomic mass is 9.82. The average molecular weight is 495 g/mol. The summed E-state index contributed by atoms with van der Waals surface area (Å²) in [6, 6.07) is 0.563. The highest BCUT2D eigenvalue weighted by atomic mass is 19.4. The largest absolute Gasteiger partial charge is 0.416 e. The van der Waals surface area contributed by atoms with E-state index in [9.17, 15) is 41.0 Å². The Bertz CT molecular complexity index is 878. The summed E-state index contributed by atoms with van der Waals surface area (Å²) in [6.45, 7) is 0.348. The first-order valence-corrected chi connectivity index (χ1v) is 11.0. The molecule has 190 valence electrons. The van der Waals surface area contributed by atoms with E-state index in [1.807, 2.05) is 5.32 Å². The van der Waals surface area contributed by atoms with Gasteiger partial charge in [-0.1, -0.05) is 12.8 Å². The van der Waals surface area contributed by atoms with Crippen LogP contribution in [-0.4, -0.2) is 46.6 Å². The second-order valence-corrected chi connectivity index (χ2v) is 9.12. The van der Waals surface area contributed by atoms with Gasteiger partial charge in [0.25, 0.3) is 0 Å².